The van der Waals surface area contributed by atoms with Crippen LogP contribution in [-0.4, -0.2) is 43.7 Å². The fourth-order valence-corrected chi connectivity index (χ4v) is 3.96. The fourth-order valence-electron chi connectivity index (χ4n) is 3.96. The molecule has 0 bridgehead atoms. The molecule has 0 atom stereocenters. The lowest BCUT2D eigenvalue weighted by molar-refractivity contribution is -0.137. The number of nitrogens with two attached hydrogens (primary N) is 1. The Bertz CT molecular complexity index is 646. The lowest BCUT2D eigenvalue weighted by Crippen LogP contribution is -2.41. The molecule has 27 heavy (non-hydrogen) atoms. The van der Waals surface area contributed by atoms with Gasteiger partial charge in [-0.1, -0.05) is 31.0 Å². The average molecular weight is 383 g/mol. The van der Waals surface area contributed by atoms with Crippen molar-refractivity contribution in [2.75, 3.05) is 32.8 Å². The van der Waals surface area contributed by atoms with Crippen LogP contribution in [0.3, 0.4) is 0 Å². The van der Waals surface area contributed by atoms with Crippen LogP contribution in [-0.2, 0) is 16.3 Å². The van der Waals surface area contributed by atoms with Crippen molar-refractivity contribution in [2.24, 2.45) is 10.7 Å². The average Bonchev–Trinajstić information content (AvgIpc) is 2.96. The van der Waals surface area contributed by atoms with E-state index >= 15 is 0 Å². The summed E-state index contributed by atoms with van der Waals surface area (Å²) in [6.07, 6.45) is 1.54. The molecule has 0 spiro atoms. The number of aliphatic imine (C=N–C) groups is 1. The maximum Gasteiger partial charge on any atom is 0.416 e. The maximum atomic E-state index is 13.2. The summed E-state index contributed by atoms with van der Waals surface area (Å²) >= 11 is 0. The molecule has 2 N–H and O–H groups in total. The van der Waals surface area contributed by atoms with Gasteiger partial charge in [0.05, 0.1) is 12.1 Å². The van der Waals surface area contributed by atoms with Crippen LogP contribution >= 0.6 is 0 Å². The van der Waals surface area contributed by atoms with Crippen LogP contribution < -0.4 is 5.73 Å². The summed E-state index contributed by atoms with van der Waals surface area (Å²) in [5.74, 6) is 0.509. The molecule has 2 fully saturated rings. The zero-order chi connectivity index (χ0) is 19.3. The molecule has 0 unspecified atom stereocenters. The number of rotatable bonds is 3. The topological polar surface area (TPSA) is 50.9 Å². The predicted octanol–water partition coefficient (Wildman–Crippen LogP) is 3.94. The van der Waals surface area contributed by atoms with Crippen molar-refractivity contribution in [3.05, 3.63) is 35.4 Å². The van der Waals surface area contributed by atoms with Gasteiger partial charge in [0.2, 0.25) is 0 Å². The summed E-state index contributed by atoms with van der Waals surface area (Å²) in [4.78, 5) is 6.74. The molecule has 1 aromatic carbocycles. The van der Waals surface area contributed by atoms with Crippen LogP contribution in [0.15, 0.2) is 29.3 Å². The molecule has 150 valence electrons. The Balaban J connectivity index is 1.84. The Hall–Kier alpha value is -1.76. The predicted molar refractivity (Wildman–Crippen MR) is 99.7 cm³/mol. The molecule has 7 heteroatoms. The largest absolute Gasteiger partial charge is 0.416 e. The summed E-state index contributed by atoms with van der Waals surface area (Å²) in [5, 5.41) is 0. The Morgan fingerprint density at radius 3 is 2.41 bits per heavy atom. The Kier molecular flexibility index (Phi) is 6.29. The van der Waals surface area contributed by atoms with E-state index in [4.69, 9.17) is 10.5 Å². The number of ether oxygens (including phenoxy) is 1. The first kappa shape index (κ1) is 20.0. The van der Waals surface area contributed by atoms with Crippen molar-refractivity contribution in [3.8, 4) is 0 Å². The van der Waals surface area contributed by atoms with Crippen molar-refractivity contribution in [1.82, 2.24) is 4.90 Å². The number of benzene rings is 1. The second-order valence-corrected chi connectivity index (χ2v) is 7.55. The molecule has 0 saturated carbocycles. The van der Waals surface area contributed by atoms with Gasteiger partial charge in [0.15, 0.2) is 5.96 Å². The standard InChI is InChI=1S/C20H28F3N3O/c21-20(22,23)17-7-5-6-16(14-17)19(8-12-27-13-9-19)15-25-18(24)26-10-3-1-2-4-11-26/h5-7,14H,1-4,8-13,15H2,(H2,24,25). The fraction of sp³-hybridized carbons (Fsp3) is 0.650. The van der Waals surface area contributed by atoms with Crippen LogP contribution in [0.4, 0.5) is 13.2 Å². The highest BCUT2D eigenvalue weighted by Crippen LogP contribution is 2.38. The molecule has 3 rings (SSSR count). The van der Waals surface area contributed by atoms with Crippen molar-refractivity contribution in [3.63, 3.8) is 0 Å². The van der Waals surface area contributed by atoms with Crippen LogP contribution in [0.5, 0.6) is 0 Å². The lowest BCUT2D eigenvalue weighted by atomic mass is 9.74. The number of likely N-dealkylation sites (tertiary alicyclic amines) is 1. The van der Waals surface area contributed by atoms with E-state index in [1.165, 1.54) is 25.0 Å². The molecule has 0 radical (unpaired) electrons. The van der Waals surface area contributed by atoms with E-state index in [0.717, 1.165) is 32.0 Å². The minimum absolute atomic E-state index is 0.389. The van der Waals surface area contributed by atoms with Gasteiger partial charge in [-0.15, -0.1) is 0 Å². The molecular weight excluding hydrogens is 355 g/mol. The number of halogens is 3. The van der Waals surface area contributed by atoms with Gasteiger partial charge in [-0.25, -0.2) is 0 Å². The van der Waals surface area contributed by atoms with Crippen molar-refractivity contribution in [2.45, 2.75) is 50.1 Å². The zero-order valence-electron chi connectivity index (χ0n) is 15.6. The molecule has 2 aliphatic rings. The van der Waals surface area contributed by atoms with Gasteiger partial charge in [-0.2, -0.15) is 13.2 Å². The van der Waals surface area contributed by atoms with Gasteiger partial charge in [0, 0.05) is 31.7 Å². The number of hydrogen-bond acceptors (Lipinski definition) is 2. The molecule has 2 heterocycles. The second kappa shape index (κ2) is 8.50. The third-order valence-corrected chi connectivity index (χ3v) is 5.73. The zero-order valence-corrected chi connectivity index (χ0v) is 15.6. The van der Waals surface area contributed by atoms with E-state index in [0.29, 0.717) is 44.1 Å². The first-order valence-corrected chi connectivity index (χ1v) is 9.71. The Morgan fingerprint density at radius 1 is 1.11 bits per heavy atom. The van der Waals surface area contributed by atoms with Crippen LogP contribution in [0, 0.1) is 0 Å². The molecule has 1 aromatic rings. The molecule has 0 aliphatic carbocycles. The summed E-state index contributed by atoms with van der Waals surface area (Å²) < 4.78 is 45.0. The highest BCUT2D eigenvalue weighted by Gasteiger charge is 2.37. The Labute approximate surface area is 158 Å². The maximum absolute atomic E-state index is 13.2. The van der Waals surface area contributed by atoms with Crippen molar-refractivity contribution < 1.29 is 17.9 Å². The van der Waals surface area contributed by atoms with Crippen LogP contribution in [0.25, 0.3) is 0 Å². The molecule has 0 aromatic heterocycles. The molecular formula is C20H28F3N3O. The number of hydrogen-bond donors (Lipinski definition) is 1. The normalized spacial score (nSPS) is 21.7. The summed E-state index contributed by atoms with van der Waals surface area (Å²) in [7, 11) is 0. The van der Waals surface area contributed by atoms with E-state index in [1.807, 2.05) is 0 Å². The van der Waals surface area contributed by atoms with Gasteiger partial charge in [-0.3, -0.25) is 4.99 Å². The van der Waals surface area contributed by atoms with E-state index in [1.54, 1.807) is 6.07 Å². The quantitative estimate of drug-likeness (QED) is 0.635. The highest BCUT2D eigenvalue weighted by atomic mass is 19.4. The second-order valence-electron chi connectivity index (χ2n) is 7.55. The van der Waals surface area contributed by atoms with Gasteiger partial charge in [-0.05, 0) is 37.3 Å². The summed E-state index contributed by atoms with van der Waals surface area (Å²) in [6, 6.07) is 5.64. The minimum atomic E-state index is -4.35. The van der Waals surface area contributed by atoms with E-state index in [-0.39, 0.29) is 0 Å². The van der Waals surface area contributed by atoms with Gasteiger partial charge in [0.1, 0.15) is 0 Å². The molecule has 2 aliphatic heterocycles. The van der Waals surface area contributed by atoms with Crippen LogP contribution in [0.2, 0.25) is 0 Å². The highest BCUT2D eigenvalue weighted by molar-refractivity contribution is 5.78. The smallest absolute Gasteiger partial charge is 0.381 e. The monoisotopic (exact) mass is 383 g/mol. The third kappa shape index (κ3) is 4.94. The van der Waals surface area contributed by atoms with Gasteiger partial charge >= 0.3 is 6.18 Å². The first-order chi connectivity index (χ1) is 12.9. The molecule has 4 nitrogen and oxygen atoms in total. The van der Waals surface area contributed by atoms with Gasteiger partial charge in [0.25, 0.3) is 0 Å². The molecule has 0 amide bonds. The number of alkyl halides is 3. The lowest BCUT2D eigenvalue weighted by Gasteiger charge is -2.37. The SMILES string of the molecule is NC(=NCC1(c2cccc(C(F)(F)F)c2)CCOCC1)N1CCCCCC1. The van der Waals surface area contributed by atoms with Crippen molar-refractivity contribution in [1.29, 1.82) is 0 Å². The van der Waals surface area contributed by atoms with E-state index < -0.39 is 17.2 Å². The minimum Gasteiger partial charge on any atom is -0.381 e. The van der Waals surface area contributed by atoms with Crippen molar-refractivity contribution >= 4 is 5.96 Å². The summed E-state index contributed by atoms with van der Waals surface area (Å²) in [6.45, 7) is 3.23. The van der Waals surface area contributed by atoms with E-state index in [2.05, 4.69) is 9.89 Å². The first-order valence-electron chi connectivity index (χ1n) is 9.71. The summed E-state index contributed by atoms with van der Waals surface area (Å²) in [5.41, 5.74) is 5.83. The number of guanidine groups is 1. The van der Waals surface area contributed by atoms with E-state index in [9.17, 15) is 13.2 Å². The third-order valence-electron chi connectivity index (χ3n) is 5.73. The number of nitrogens with zero attached hydrogens (tertiary/aromatic N) is 2. The van der Waals surface area contributed by atoms with Crippen LogP contribution in [0.1, 0.15) is 49.7 Å². The molecule has 2 saturated heterocycles. The Morgan fingerprint density at radius 2 is 1.78 bits per heavy atom. The van der Waals surface area contributed by atoms with Gasteiger partial charge < -0.3 is 15.4 Å².